The van der Waals surface area contributed by atoms with Crippen molar-refractivity contribution >= 4 is 6.41 Å². The van der Waals surface area contributed by atoms with Gasteiger partial charge in [-0.3, -0.25) is 9.69 Å². The second kappa shape index (κ2) is 8.64. The minimum Gasteiger partial charge on any atom is -0.494 e. The fourth-order valence-corrected chi connectivity index (χ4v) is 2.55. The predicted molar refractivity (Wildman–Crippen MR) is 80.9 cm³/mol. The van der Waals surface area contributed by atoms with Crippen LogP contribution in [0.3, 0.4) is 0 Å². The molecule has 1 amide bonds. The molecule has 21 heavy (non-hydrogen) atoms. The molecule has 0 aromatic heterocycles. The second-order valence-corrected chi connectivity index (χ2v) is 5.37. The summed E-state index contributed by atoms with van der Waals surface area (Å²) in [5, 5.41) is 12.6. The van der Waals surface area contributed by atoms with Crippen LogP contribution in [0.4, 0.5) is 0 Å². The van der Waals surface area contributed by atoms with E-state index >= 15 is 0 Å². The van der Waals surface area contributed by atoms with Gasteiger partial charge < -0.3 is 15.2 Å². The Morgan fingerprint density at radius 2 is 2.33 bits per heavy atom. The number of rotatable bonds is 8. The molecule has 1 atom stereocenters. The Hall–Kier alpha value is -1.59. The summed E-state index contributed by atoms with van der Waals surface area (Å²) in [4.78, 5) is 12.2. The number of aliphatic hydroxyl groups is 1. The first-order valence-corrected chi connectivity index (χ1v) is 7.60. The summed E-state index contributed by atoms with van der Waals surface area (Å²) < 4.78 is 5.67. The van der Waals surface area contributed by atoms with E-state index in [4.69, 9.17) is 4.74 Å². The maximum atomic E-state index is 10.1. The van der Waals surface area contributed by atoms with Gasteiger partial charge in [-0.05, 0) is 43.4 Å². The van der Waals surface area contributed by atoms with Crippen molar-refractivity contribution in [3.8, 4) is 5.75 Å². The average Bonchev–Trinajstić information content (AvgIpc) is 2.50. The van der Waals surface area contributed by atoms with Gasteiger partial charge in [0.05, 0.1) is 6.61 Å². The number of ether oxygens (including phenoxy) is 1. The van der Waals surface area contributed by atoms with Crippen LogP contribution in [0.15, 0.2) is 24.3 Å². The lowest BCUT2D eigenvalue weighted by atomic mass is 10.1. The number of benzene rings is 1. The van der Waals surface area contributed by atoms with Gasteiger partial charge in [0.2, 0.25) is 6.41 Å². The molecule has 1 aromatic rings. The second-order valence-electron chi connectivity index (χ2n) is 5.37. The number of carbonyl (C=O) groups is 1. The minimum atomic E-state index is -0.322. The SMILES string of the molecule is O=CNCCCOc1cccc(CN2CCCCC2O)c1. The van der Waals surface area contributed by atoms with E-state index in [1.54, 1.807) is 0 Å². The molecule has 1 unspecified atom stereocenters. The van der Waals surface area contributed by atoms with Crippen LogP contribution < -0.4 is 10.1 Å². The quantitative estimate of drug-likeness (QED) is 0.563. The molecule has 0 radical (unpaired) electrons. The van der Waals surface area contributed by atoms with E-state index in [9.17, 15) is 9.90 Å². The Kier molecular flexibility index (Phi) is 6.50. The highest BCUT2D eigenvalue weighted by molar-refractivity contribution is 5.45. The highest BCUT2D eigenvalue weighted by Gasteiger charge is 2.19. The molecule has 1 aliphatic heterocycles. The van der Waals surface area contributed by atoms with Crippen LogP contribution in [-0.4, -0.2) is 42.3 Å². The zero-order chi connectivity index (χ0) is 14.9. The van der Waals surface area contributed by atoms with Gasteiger partial charge in [0.15, 0.2) is 0 Å². The Balaban J connectivity index is 1.81. The summed E-state index contributed by atoms with van der Waals surface area (Å²) >= 11 is 0. The zero-order valence-electron chi connectivity index (χ0n) is 12.3. The van der Waals surface area contributed by atoms with Crippen LogP contribution in [0, 0.1) is 0 Å². The molecular weight excluding hydrogens is 268 g/mol. The van der Waals surface area contributed by atoms with E-state index in [0.29, 0.717) is 19.6 Å². The van der Waals surface area contributed by atoms with Gasteiger partial charge in [-0.1, -0.05) is 12.1 Å². The van der Waals surface area contributed by atoms with Crippen LogP contribution in [0.25, 0.3) is 0 Å². The summed E-state index contributed by atoms with van der Waals surface area (Å²) in [6.07, 6.45) is 4.28. The van der Waals surface area contributed by atoms with Crippen molar-refractivity contribution in [3.63, 3.8) is 0 Å². The number of nitrogens with one attached hydrogen (secondary N) is 1. The van der Waals surface area contributed by atoms with Crippen molar-refractivity contribution in [2.75, 3.05) is 19.7 Å². The molecule has 2 rings (SSSR count). The van der Waals surface area contributed by atoms with Crippen molar-refractivity contribution in [2.45, 2.75) is 38.5 Å². The third-order valence-electron chi connectivity index (χ3n) is 3.68. The van der Waals surface area contributed by atoms with Crippen LogP contribution in [0.1, 0.15) is 31.2 Å². The number of aliphatic hydroxyl groups excluding tert-OH is 1. The summed E-state index contributed by atoms with van der Waals surface area (Å²) in [7, 11) is 0. The van der Waals surface area contributed by atoms with E-state index in [0.717, 1.165) is 50.1 Å². The molecule has 1 saturated heterocycles. The molecule has 1 aromatic carbocycles. The van der Waals surface area contributed by atoms with Gasteiger partial charge >= 0.3 is 0 Å². The van der Waals surface area contributed by atoms with Crippen molar-refractivity contribution in [1.29, 1.82) is 0 Å². The standard InChI is InChI=1S/C16H24N2O3/c19-13-17-8-4-10-21-15-6-3-5-14(11-15)12-18-9-2-1-7-16(18)20/h3,5-6,11,13,16,20H,1-2,4,7-10,12H2,(H,17,19). The topological polar surface area (TPSA) is 61.8 Å². The smallest absolute Gasteiger partial charge is 0.207 e. The lowest BCUT2D eigenvalue weighted by Crippen LogP contribution is -2.38. The normalized spacial score (nSPS) is 19.2. The van der Waals surface area contributed by atoms with Gasteiger partial charge in [0.25, 0.3) is 0 Å². The summed E-state index contributed by atoms with van der Waals surface area (Å²) in [6, 6.07) is 7.99. The molecule has 116 valence electrons. The van der Waals surface area contributed by atoms with Crippen molar-refractivity contribution < 1.29 is 14.6 Å². The average molecular weight is 292 g/mol. The Morgan fingerprint density at radius 3 is 3.14 bits per heavy atom. The van der Waals surface area contributed by atoms with Gasteiger partial charge in [-0.15, -0.1) is 0 Å². The molecule has 0 saturated carbocycles. The van der Waals surface area contributed by atoms with Gasteiger partial charge in [0.1, 0.15) is 12.0 Å². The molecular formula is C16H24N2O3. The van der Waals surface area contributed by atoms with Crippen molar-refractivity contribution in [1.82, 2.24) is 10.2 Å². The number of likely N-dealkylation sites (tertiary alicyclic amines) is 1. The van der Waals surface area contributed by atoms with E-state index in [2.05, 4.69) is 16.3 Å². The number of carbonyl (C=O) groups excluding carboxylic acids is 1. The van der Waals surface area contributed by atoms with Gasteiger partial charge in [-0.25, -0.2) is 0 Å². The molecule has 0 bridgehead atoms. The number of nitrogens with zero attached hydrogens (tertiary/aromatic N) is 1. The molecule has 1 aliphatic rings. The third kappa shape index (κ3) is 5.36. The molecule has 2 N–H and O–H groups in total. The summed E-state index contributed by atoms with van der Waals surface area (Å²) in [5.41, 5.74) is 1.15. The number of hydrogen-bond donors (Lipinski definition) is 2. The molecule has 1 fully saturated rings. The van der Waals surface area contributed by atoms with E-state index in [1.807, 2.05) is 18.2 Å². The molecule has 1 heterocycles. The Morgan fingerprint density at radius 1 is 1.43 bits per heavy atom. The first-order valence-electron chi connectivity index (χ1n) is 7.60. The van der Waals surface area contributed by atoms with Crippen molar-refractivity contribution in [2.24, 2.45) is 0 Å². The first kappa shape index (κ1) is 15.8. The van der Waals surface area contributed by atoms with Crippen molar-refractivity contribution in [3.05, 3.63) is 29.8 Å². The van der Waals surface area contributed by atoms with E-state index in [-0.39, 0.29) is 6.23 Å². The Labute approximate surface area is 125 Å². The fourth-order valence-electron chi connectivity index (χ4n) is 2.55. The highest BCUT2D eigenvalue weighted by atomic mass is 16.5. The lowest BCUT2D eigenvalue weighted by Gasteiger charge is -2.32. The number of piperidine rings is 1. The minimum absolute atomic E-state index is 0.322. The van der Waals surface area contributed by atoms with E-state index < -0.39 is 0 Å². The zero-order valence-corrected chi connectivity index (χ0v) is 12.3. The van der Waals surface area contributed by atoms with Gasteiger partial charge in [-0.2, -0.15) is 0 Å². The fraction of sp³-hybridized carbons (Fsp3) is 0.562. The maximum Gasteiger partial charge on any atom is 0.207 e. The number of hydrogen-bond acceptors (Lipinski definition) is 4. The van der Waals surface area contributed by atoms with Crippen LogP contribution >= 0.6 is 0 Å². The lowest BCUT2D eigenvalue weighted by molar-refractivity contribution is -0.109. The van der Waals surface area contributed by atoms with Crippen LogP contribution in [0.5, 0.6) is 5.75 Å². The largest absolute Gasteiger partial charge is 0.494 e. The first-order chi connectivity index (χ1) is 10.3. The van der Waals surface area contributed by atoms with E-state index in [1.165, 1.54) is 0 Å². The monoisotopic (exact) mass is 292 g/mol. The van der Waals surface area contributed by atoms with Crippen LogP contribution in [0.2, 0.25) is 0 Å². The third-order valence-corrected chi connectivity index (χ3v) is 3.68. The van der Waals surface area contributed by atoms with Gasteiger partial charge in [0, 0.05) is 19.6 Å². The molecule has 5 nitrogen and oxygen atoms in total. The molecule has 0 spiro atoms. The molecule has 5 heteroatoms. The summed E-state index contributed by atoms with van der Waals surface area (Å²) in [6.45, 7) is 2.91. The summed E-state index contributed by atoms with van der Waals surface area (Å²) in [5.74, 6) is 0.838. The highest BCUT2D eigenvalue weighted by Crippen LogP contribution is 2.20. The Bertz CT molecular complexity index is 439. The maximum absolute atomic E-state index is 10.1. The predicted octanol–water partition coefficient (Wildman–Crippen LogP) is 1.51. The van der Waals surface area contributed by atoms with Crippen LogP contribution in [-0.2, 0) is 11.3 Å². The molecule has 0 aliphatic carbocycles. The number of amides is 1.